The highest BCUT2D eigenvalue weighted by atomic mass is 16.5. The third kappa shape index (κ3) is 2.76. The van der Waals surface area contributed by atoms with Crippen LogP contribution in [0, 0.1) is 6.92 Å². The molecule has 0 saturated carbocycles. The minimum absolute atomic E-state index is 0.0949. The van der Waals surface area contributed by atoms with Crippen molar-refractivity contribution in [3.63, 3.8) is 0 Å². The lowest BCUT2D eigenvalue weighted by molar-refractivity contribution is 0.432. The van der Waals surface area contributed by atoms with E-state index in [-0.39, 0.29) is 5.69 Å². The van der Waals surface area contributed by atoms with Gasteiger partial charge < -0.3 is 9.51 Å². The molecule has 0 radical (unpaired) electrons. The van der Waals surface area contributed by atoms with Gasteiger partial charge in [-0.15, -0.1) is 0 Å². The largest absolute Gasteiger partial charge is 0.334 e. The first-order chi connectivity index (χ1) is 12.2. The van der Waals surface area contributed by atoms with Crippen LogP contribution in [0.25, 0.3) is 33.9 Å². The predicted octanol–water partition coefficient (Wildman–Crippen LogP) is 3.77. The van der Waals surface area contributed by atoms with Gasteiger partial charge in [0.1, 0.15) is 0 Å². The molecule has 2 heterocycles. The van der Waals surface area contributed by atoms with E-state index < -0.39 is 0 Å². The maximum absolute atomic E-state index is 12.1. The molecule has 2 aromatic heterocycles. The summed E-state index contributed by atoms with van der Waals surface area (Å²) in [4.78, 5) is 19.4. The number of aromatic nitrogens is 4. The molecule has 6 nitrogen and oxygen atoms in total. The van der Waals surface area contributed by atoms with Crippen molar-refractivity contribution in [2.75, 3.05) is 0 Å². The van der Waals surface area contributed by atoms with Gasteiger partial charge in [0.25, 0.3) is 5.89 Å². The van der Waals surface area contributed by atoms with Crippen molar-refractivity contribution in [1.82, 2.24) is 19.7 Å². The molecule has 0 spiro atoms. The number of benzene rings is 2. The highest BCUT2D eigenvalue weighted by Crippen LogP contribution is 2.24. The van der Waals surface area contributed by atoms with Gasteiger partial charge in [-0.1, -0.05) is 29.8 Å². The average Bonchev–Trinajstić information content (AvgIpc) is 3.21. The normalized spacial score (nSPS) is 11.3. The first-order valence-corrected chi connectivity index (χ1v) is 8.29. The second-order valence-electron chi connectivity index (χ2n) is 6.10. The van der Waals surface area contributed by atoms with Crippen molar-refractivity contribution in [3.8, 4) is 22.8 Å². The van der Waals surface area contributed by atoms with Gasteiger partial charge in [-0.3, -0.25) is 4.57 Å². The monoisotopic (exact) mass is 334 g/mol. The van der Waals surface area contributed by atoms with Crippen LogP contribution in [0.3, 0.4) is 0 Å². The Kier molecular flexibility index (Phi) is 3.72. The minimum Gasteiger partial charge on any atom is -0.334 e. The molecule has 0 amide bonds. The van der Waals surface area contributed by atoms with Crippen molar-refractivity contribution in [2.24, 2.45) is 0 Å². The van der Waals surface area contributed by atoms with Crippen molar-refractivity contribution >= 4 is 11.0 Å². The summed E-state index contributed by atoms with van der Waals surface area (Å²) in [7, 11) is 0. The van der Waals surface area contributed by atoms with E-state index in [1.165, 1.54) is 5.56 Å². The van der Waals surface area contributed by atoms with Gasteiger partial charge in [0, 0.05) is 17.7 Å². The van der Waals surface area contributed by atoms with Crippen LogP contribution in [0.15, 0.2) is 51.8 Å². The SMILES string of the molecule is CCCn1c(=O)[nH]c2cc(-c3noc(-c4ccc(C)cc4)n3)ccc21. The smallest absolute Gasteiger partial charge is 0.326 e. The second-order valence-corrected chi connectivity index (χ2v) is 6.10. The number of fused-ring (bicyclic) bond motifs is 1. The van der Waals surface area contributed by atoms with E-state index in [4.69, 9.17) is 4.52 Å². The van der Waals surface area contributed by atoms with Crippen LogP contribution in [0.5, 0.6) is 0 Å². The van der Waals surface area contributed by atoms with Crippen molar-refractivity contribution in [2.45, 2.75) is 26.8 Å². The summed E-state index contributed by atoms with van der Waals surface area (Å²) < 4.78 is 7.13. The van der Waals surface area contributed by atoms with Crippen molar-refractivity contribution in [3.05, 3.63) is 58.5 Å². The Labute approximate surface area is 144 Å². The second kappa shape index (κ2) is 6.05. The Morgan fingerprint density at radius 1 is 1.12 bits per heavy atom. The molecular weight excluding hydrogens is 316 g/mol. The van der Waals surface area contributed by atoms with Crippen molar-refractivity contribution < 1.29 is 4.52 Å². The highest BCUT2D eigenvalue weighted by molar-refractivity contribution is 5.80. The van der Waals surface area contributed by atoms with E-state index in [2.05, 4.69) is 15.1 Å². The van der Waals surface area contributed by atoms with Crippen molar-refractivity contribution in [1.29, 1.82) is 0 Å². The van der Waals surface area contributed by atoms with Gasteiger partial charge in [0.05, 0.1) is 11.0 Å². The summed E-state index contributed by atoms with van der Waals surface area (Å²) in [6.07, 6.45) is 0.902. The first-order valence-electron chi connectivity index (χ1n) is 8.29. The van der Waals surface area contributed by atoms with E-state index in [1.807, 2.05) is 56.3 Å². The molecule has 6 heteroatoms. The van der Waals surface area contributed by atoms with E-state index in [9.17, 15) is 4.79 Å². The lowest BCUT2D eigenvalue weighted by Gasteiger charge is -2.00. The number of imidazole rings is 1. The number of H-pyrrole nitrogens is 1. The van der Waals surface area contributed by atoms with Crippen LogP contribution in [0.4, 0.5) is 0 Å². The molecule has 0 aliphatic heterocycles. The number of hydrogen-bond donors (Lipinski definition) is 1. The average molecular weight is 334 g/mol. The van der Waals surface area contributed by atoms with Gasteiger partial charge >= 0.3 is 5.69 Å². The molecule has 4 aromatic rings. The molecular formula is C19H18N4O2. The zero-order chi connectivity index (χ0) is 17.4. The molecule has 0 bridgehead atoms. The van der Waals surface area contributed by atoms with Gasteiger partial charge in [-0.25, -0.2) is 4.79 Å². The Hall–Kier alpha value is -3.15. The molecule has 0 aliphatic rings. The lowest BCUT2D eigenvalue weighted by atomic mass is 10.1. The van der Waals surface area contributed by atoms with Crippen LogP contribution in [0.2, 0.25) is 0 Å². The minimum atomic E-state index is -0.0949. The van der Waals surface area contributed by atoms with Crippen LogP contribution >= 0.6 is 0 Å². The molecule has 0 atom stereocenters. The van der Waals surface area contributed by atoms with Crippen LogP contribution in [-0.2, 0) is 6.54 Å². The summed E-state index contributed by atoms with van der Waals surface area (Å²) in [5, 5.41) is 4.07. The van der Waals surface area contributed by atoms with Gasteiger partial charge in [-0.05, 0) is 43.7 Å². The van der Waals surface area contributed by atoms with E-state index >= 15 is 0 Å². The summed E-state index contributed by atoms with van der Waals surface area (Å²) in [6, 6.07) is 13.6. The Morgan fingerprint density at radius 3 is 2.64 bits per heavy atom. The quantitative estimate of drug-likeness (QED) is 0.616. The third-order valence-corrected chi connectivity index (χ3v) is 4.20. The Balaban J connectivity index is 1.73. The van der Waals surface area contributed by atoms with Gasteiger partial charge in [-0.2, -0.15) is 4.98 Å². The first kappa shape index (κ1) is 15.4. The fourth-order valence-corrected chi connectivity index (χ4v) is 2.90. The maximum Gasteiger partial charge on any atom is 0.326 e. The molecule has 0 fully saturated rings. The lowest BCUT2D eigenvalue weighted by Crippen LogP contribution is -2.16. The van der Waals surface area contributed by atoms with Crippen LogP contribution in [0.1, 0.15) is 18.9 Å². The number of nitrogens with zero attached hydrogens (tertiary/aromatic N) is 3. The van der Waals surface area contributed by atoms with E-state index in [0.29, 0.717) is 18.3 Å². The van der Waals surface area contributed by atoms with Gasteiger partial charge in [0.15, 0.2) is 0 Å². The summed E-state index contributed by atoms with van der Waals surface area (Å²) in [5.41, 5.74) is 4.43. The molecule has 2 aromatic carbocycles. The van der Waals surface area contributed by atoms with E-state index in [0.717, 1.165) is 28.6 Å². The molecule has 4 rings (SSSR count). The highest BCUT2D eigenvalue weighted by Gasteiger charge is 2.13. The maximum atomic E-state index is 12.1. The van der Waals surface area contributed by atoms with Gasteiger partial charge in [0.2, 0.25) is 5.82 Å². The molecule has 126 valence electrons. The summed E-state index contributed by atoms with van der Waals surface area (Å²) in [5.74, 6) is 0.980. The number of rotatable bonds is 4. The topological polar surface area (TPSA) is 76.7 Å². The zero-order valence-corrected chi connectivity index (χ0v) is 14.1. The number of nitrogens with one attached hydrogen (secondary N) is 1. The third-order valence-electron chi connectivity index (χ3n) is 4.20. The number of hydrogen-bond acceptors (Lipinski definition) is 4. The molecule has 1 N–H and O–H groups in total. The van der Waals surface area contributed by atoms with Crippen LogP contribution < -0.4 is 5.69 Å². The fourth-order valence-electron chi connectivity index (χ4n) is 2.90. The molecule has 0 saturated heterocycles. The molecule has 0 unspecified atom stereocenters. The summed E-state index contributed by atoms with van der Waals surface area (Å²) in [6.45, 7) is 4.77. The molecule has 25 heavy (non-hydrogen) atoms. The van der Waals surface area contributed by atoms with E-state index in [1.54, 1.807) is 4.57 Å². The number of aryl methyl sites for hydroxylation is 2. The molecule has 0 aliphatic carbocycles. The zero-order valence-electron chi connectivity index (χ0n) is 14.1. The fraction of sp³-hybridized carbons (Fsp3) is 0.211. The number of aromatic amines is 1. The van der Waals surface area contributed by atoms with Crippen LogP contribution in [-0.4, -0.2) is 19.7 Å². The summed E-state index contributed by atoms with van der Waals surface area (Å²) >= 11 is 0. The Bertz CT molecular complexity index is 1090. The Morgan fingerprint density at radius 2 is 1.88 bits per heavy atom. The predicted molar refractivity (Wildman–Crippen MR) is 96.3 cm³/mol. The standard InChI is InChI=1S/C19H18N4O2/c1-3-10-23-16-9-8-14(11-15(16)20-19(23)24)17-21-18(25-22-17)13-6-4-12(2)5-7-13/h4-9,11H,3,10H2,1-2H3,(H,20,24).